The number of benzene rings is 1. The van der Waals surface area contributed by atoms with Gasteiger partial charge in [0.25, 0.3) is 5.91 Å². The van der Waals surface area contributed by atoms with Gasteiger partial charge in [-0.15, -0.1) is 0 Å². The third-order valence-electron chi connectivity index (χ3n) is 5.63. The molecule has 3 aliphatic rings. The Balaban J connectivity index is 1.28. The fourth-order valence-corrected chi connectivity index (χ4v) is 3.90. The molecule has 0 radical (unpaired) electrons. The van der Waals surface area contributed by atoms with Gasteiger partial charge in [-0.25, -0.2) is 0 Å². The highest BCUT2D eigenvalue weighted by atomic mass is 16.5. The predicted octanol–water partition coefficient (Wildman–Crippen LogP) is 0.856. The molecule has 2 aliphatic carbocycles. The van der Waals surface area contributed by atoms with Crippen molar-refractivity contribution in [2.24, 2.45) is 5.92 Å². The summed E-state index contributed by atoms with van der Waals surface area (Å²) in [6, 6.07) is 7.40. The Morgan fingerprint density at radius 1 is 1.25 bits per heavy atom. The number of ether oxygens (including phenoxy) is 1. The van der Waals surface area contributed by atoms with E-state index in [1.165, 1.54) is 17.7 Å². The van der Waals surface area contributed by atoms with E-state index < -0.39 is 5.97 Å². The summed E-state index contributed by atoms with van der Waals surface area (Å²) in [7, 11) is 0. The van der Waals surface area contributed by atoms with Crippen LogP contribution < -0.4 is 15.0 Å². The molecule has 0 saturated heterocycles. The van der Waals surface area contributed by atoms with Gasteiger partial charge in [-0.3, -0.25) is 24.2 Å². The van der Waals surface area contributed by atoms with Gasteiger partial charge in [-0.1, -0.05) is 12.1 Å². The van der Waals surface area contributed by atoms with Crippen LogP contribution in [0.3, 0.4) is 0 Å². The lowest BCUT2D eigenvalue weighted by Crippen LogP contribution is -2.56. The fourth-order valence-electron chi connectivity index (χ4n) is 3.90. The number of hydrogen-bond donors (Lipinski definition) is 2. The van der Waals surface area contributed by atoms with Gasteiger partial charge >= 0.3 is 5.97 Å². The highest BCUT2D eigenvalue weighted by Crippen LogP contribution is 2.34. The summed E-state index contributed by atoms with van der Waals surface area (Å²) in [5, 5.41) is 12.1. The zero-order valence-corrected chi connectivity index (χ0v) is 15.7. The smallest absolute Gasteiger partial charge is 0.317 e. The molecule has 2 N–H and O–H groups in total. The second kappa shape index (κ2) is 7.79. The first kappa shape index (κ1) is 18.7. The van der Waals surface area contributed by atoms with E-state index in [0.717, 1.165) is 19.4 Å². The average molecular weight is 387 g/mol. The first-order valence-corrected chi connectivity index (χ1v) is 9.77. The molecule has 150 valence electrons. The quantitative estimate of drug-likeness (QED) is 0.686. The first-order chi connectivity index (χ1) is 13.5. The topological polar surface area (TPSA) is 99.2 Å². The number of rotatable bonds is 8. The SMILES string of the molecule is O=C(O)CN(CC1CC1)C1CC(NC(=O)CN2C(=O)COc3ccccc32)C1. The highest BCUT2D eigenvalue weighted by Gasteiger charge is 2.38. The fraction of sp³-hybridized carbons (Fsp3) is 0.550. The van der Waals surface area contributed by atoms with Crippen LogP contribution in [-0.4, -0.2) is 66.1 Å². The lowest BCUT2D eigenvalue weighted by molar-refractivity contribution is -0.140. The van der Waals surface area contributed by atoms with Gasteiger partial charge in [0.2, 0.25) is 5.91 Å². The molecule has 2 saturated carbocycles. The summed E-state index contributed by atoms with van der Waals surface area (Å²) in [5.41, 5.74) is 0.609. The number of amides is 2. The van der Waals surface area contributed by atoms with Crippen LogP contribution in [-0.2, 0) is 14.4 Å². The van der Waals surface area contributed by atoms with Gasteiger partial charge in [0.1, 0.15) is 12.3 Å². The summed E-state index contributed by atoms with van der Waals surface area (Å²) < 4.78 is 5.39. The van der Waals surface area contributed by atoms with Gasteiger partial charge in [0.05, 0.1) is 12.2 Å². The van der Waals surface area contributed by atoms with Crippen molar-refractivity contribution in [3.05, 3.63) is 24.3 Å². The van der Waals surface area contributed by atoms with Crippen LogP contribution in [0.25, 0.3) is 0 Å². The molecule has 1 aromatic carbocycles. The van der Waals surface area contributed by atoms with Crippen molar-refractivity contribution < 1.29 is 24.2 Å². The van der Waals surface area contributed by atoms with E-state index in [2.05, 4.69) is 5.32 Å². The molecule has 2 fully saturated rings. The molecule has 4 rings (SSSR count). The summed E-state index contributed by atoms with van der Waals surface area (Å²) in [6.07, 6.45) is 3.86. The Morgan fingerprint density at radius 2 is 2.00 bits per heavy atom. The number of carbonyl (C=O) groups is 3. The number of hydrogen-bond acceptors (Lipinski definition) is 5. The Morgan fingerprint density at radius 3 is 2.71 bits per heavy atom. The number of carbonyl (C=O) groups excluding carboxylic acids is 2. The van der Waals surface area contributed by atoms with Crippen LogP contribution in [0.5, 0.6) is 5.75 Å². The number of nitrogens with one attached hydrogen (secondary N) is 1. The van der Waals surface area contributed by atoms with Crippen molar-refractivity contribution in [1.82, 2.24) is 10.2 Å². The number of carboxylic acid groups (broad SMARTS) is 1. The van der Waals surface area contributed by atoms with Gasteiger partial charge in [-0.05, 0) is 43.7 Å². The molecule has 28 heavy (non-hydrogen) atoms. The van der Waals surface area contributed by atoms with Crippen LogP contribution in [0, 0.1) is 5.92 Å². The van der Waals surface area contributed by atoms with Crippen molar-refractivity contribution in [2.75, 3.05) is 31.1 Å². The van der Waals surface area contributed by atoms with E-state index in [4.69, 9.17) is 9.84 Å². The second-order valence-electron chi connectivity index (χ2n) is 7.89. The predicted molar refractivity (Wildman–Crippen MR) is 101 cm³/mol. The van der Waals surface area contributed by atoms with Crippen LogP contribution >= 0.6 is 0 Å². The zero-order chi connectivity index (χ0) is 19.7. The maximum atomic E-state index is 12.5. The molecule has 0 aromatic heterocycles. The lowest BCUT2D eigenvalue weighted by Gasteiger charge is -2.43. The van der Waals surface area contributed by atoms with Crippen molar-refractivity contribution in [3.8, 4) is 5.75 Å². The molecular weight excluding hydrogens is 362 g/mol. The van der Waals surface area contributed by atoms with E-state index in [-0.39, 0.29) is 43.6 Å². The molecule has 0 unspecified atom stereocenters. The molecule has 0 atom stereocenters. The summed E-state index contributed by atoms with van der Waals surface area (Å²) in [4.78, 5) is 39.2. The van der Waals surface area contributed by atoms with Crippen molar-refractivity contribution in [3.63, 3.8) is 0 Å². The first-order valence-electron chi connectivity index (χ1n) is 9.77. The second-order valence-corrected chi connectivity index (χ2v) is 7.89. The summed E-state index contributed by atoms with van der Waals surface area (Å²) in [5.74, 6) is -0.0288. The molecule has 0 spiro atoms. The number of para-hydroxylation sites is 2. The minimum atomic E-state index is -0.808. The third-order valence-corrected chi connectivity index (χ3v) is 5.63. The van der Waals surface area contributed by atoms with Gasteiger partial charge in [0.15, 0.2) is 6.61 Å². The average Bonchev–Trinajstić information content (AvgIpc) is 3.43. The number of fused-ring (bicyclic) bond motifs is 1. The number of aliphatic carboxylic acids is 1. The van der Waals surface area contributed by atoms with Gasteiger partial charge in [-0.2, -0.15) is 0 Å². The minimum Gasteiger partial charge on any atom is -0.482 e. The molecule has 1 aromatic rings. The standard InChI is InChI=1S/C20H25N3O5/c24-18(10-23-16-3-1-2-4-17(16)28-12-19(23)25)21-14-7-15(8-14)22(11-20(26)27)9-13-5-6-13/h1-4,13-15H,5-12H2,(H,21,24)(H,26,27). The Bertz CT molecular complexity index is 773. The Labute approximate surface area is 163 Å². The number of nitrogens with zero attached hydrogens (tertiary/aromatic N) is 2. The number of carboxylic acids is 1. The van der Waals surface area contributed by atoms with Crippen molar-refractivity contribution in [1.29, 1.82) is 0 Å². The van der Waals surface area contributed by atoms with Crippen LogP contribution in [0.1, 0.15) is 25.7 Å². The normalized spacial score (nSPS) is 23.6. The van der Waals surface area contributed by atoms with E-state index >= 15 is 0 Å². The van der Waals surface area contributed by atoms with E-state index in [1.807, 2.05) is 11.0 Å². The monoisotopic (exact) mass is 387 g/mol. The van der Waals surface area contributed by atoms with E-state index in [9.17, 15) is 14.4 Å². The molecule has 8 heteroatoms. The maximum absolute atomic E-state index is 12.5. The van der Waals surface area contributed by atoms with Crippen molar-refractivity contribution in [2.45, 2.75) is 37.8 Å². The molecule has 1 aliphatic heterocycles. The third kappa shape index (κ3) is 4.27. The summed E-state index contributed by atoms with van der Waals surface area (Å²) >= 11 is 0. The van der Waals surface area contributed by atoms with Crippen molar-refractivity contribution >= 4 is 23.5 Å². The van der Waals surface area contributed by atoms with E-state index in [1.54, 1.807) is 18.2 Å². The van der Waals surface area contributed by atoms with Gasteiger partial charge < -0.3 is 15.2 Å². The highest BCUT2D eigenvalue weighted by molar-refractivity contribution is 6.02. The lowest BCUT2D eigenvalue weighted by atomic mass is 9.85. The van der Waals surface area contributed by atoms with Gasteiger partial charge in [0, 0.05) is 18.6 Å². The van der Waals surface area contributed by atoms with E-state index in [0.29, 0.717) is 17.4 Å². The largest absolute Gasteiger partial charge is 0.482 e. The molecule has 8 nitrogen and oxygen atoms in total. The molecule has 2 amide bonds. The molecule has 1 heterocycles. The van der Waals surface area contributed by atoms with Crippen LogP contribution in [0.4, 0.5) is 5.69 Å². The number of anilines is 1. The molecular formula is C20H25N3O5. The van der Waals surface area contributed by atoms with Crippen LogP contribution in [0.15, 0.2) is 24.3 Å². The summed E-state index contributed by atoms with van der Waals surface area (Å²) in [6.45, 7) is 0.778. The zero-order valence-electron chi connectivity index (χ0n) is 15.7. The minimum absolute atomic E-state index is 0.0272. The molecule has 0 bridgehead atoms. The Kier molecular flexibility index (Phi) is 5.21. The Hall–Kier alpha value is -2.61. The van der Waals surface area contributed by atoms with Crippen LogP contribution in [0.2, 0.25) is 0 Å². The maximum Gasteiger partial charge on any atom is 0.317 e.